The maximum absolute atomic E-state index is 15.2. The molecule has 10 rings (SSSR count). The lowest BCUT2D eigenvalue weighted by molar-refractivity contribution is -0.134. The van der Waals surface area contributed by atoms with Gasteiger partial charge < -0.3 is 29.7 Å². The molecule has 3 aromatic heterocycles. The maximum Gasteiger partial charge on any atom is 0.301 e. The average molecular weight is 884 g/mol. The van der Waals surface area contributed by atoms with E-state index in [0.29, 0.717) is 65.0 Å². The molecule has 63 heavy (non-hydrogen) atoms. The quantitative estimate of drug-likeness (QED) is 0.156. The molecule has 18 heteroatoms. The molecule has 0 spiro atoms. The lowest BCUT2D eigenvalue weighted by atomic mass is 9.73. The number of imide groups is 1. The second kappa shape index (κ2) is 15.6. The van der Waals surface area contributed by atoms with Crippen molar-refractivity contribution in [2.45, 2.75) is 63.8 Å². The van der Waals surface area contributed by atoms with Crippen LogP contribution in [0.2, 0.25) is 5.02 Å². The number of para-hydroxylation sites is 1. The van der Waals surface area contributed by atoms with Crippen molar-refractivity contribution in [1.29, 1.82) is 0 Å². The van der Waals surface area contributed by atoms with E-state index < -0.39 is 30.0 Å². The molecule has 4 fully saturated rings. The lowest BCUT2D eigenvalue weighted by Crippen LogP contribution is -2.53. The van der Waals surface area contributed by atoms with Gasteiger partial charge in [-0.2, -0.15) is 10.1 Å². The number of hydrogen-bond acceptors (Lipinski definition) is 12. The zero-order chi connectivity index (χ0) is 43.9. The van der Waals surface area contributed by atoms with Crippen molar-refractivity contribution < 1.29 is 23.1 Å². The highest BCUT2D eigenvalue weighted by Gasteiger charge is 2.51. The smallest absolute Gasteiger partial charge is 0.301 e. The number of carbonyl (C=O) groups excluding carboxylic acids is 2. The van der Waals surface area contributed by atoms with E-state index in [1.54, 1.807) is 19.3 Å². The Kier molecular flexibility index (Phi) is 10.3. The van der Waals surface area contributed by atoms with E-state index in [0.717, 1.165) is 74.5 Å². The van der Waals surface area contributed by atoms with Gasteiger partial charge in [-0.15, -0.1) is 0 Å². The van der Waals surface area contributed by atoms with Crippen molar-refractivity contribution in [1.82, 2.24) is 34.5 Å². The summed E-state index contributed by atoms with van der Waals surface area (Å²) in [5.74, 6) is -2.96. The first kappa shape index (κ1) is 41.5. The summed E-state index contributed by atoms with van der Waals surface area (Å²) in [6.45, 7) is 9.85. The maximum atomic E-state index is 15.2. The lowest BCUT2D eigenvalue weighted by Gasteiger charge is -2.47. The number of amides is 2. The monoisotopic (exact) mass is 883 g/mol. The van der Waals surface area contributed by atoms with Crippen LogP contribution in [-0.4, -0.2) is 105 Å². The number of rotatable bonds is 8. The normalized spacial score (nSPS) is 23.8. The van der Waals surface area contributed by atoms with Gasteiger partial charge in [-0.1, -0.05) is 37.6 Å². The molecule has 5 aromatic rings. The zero-order valence-corrected chi connectivity index (χ0v) is 36.6. The van der Waals surface area contributed by atoms with Gasteiger partial charge in [0, 0.05) is 82.8 Å². The summed E-state index contributed by atoms with van der Waals surface area (Å²) in [5, 5.41) is 15.5. The highest BCUT2D eigenvalue weighted by atomic mass is 35.5. The van der Waals surface area contributed by atoms with Gasteiger partial charge in [-0.05, 0) is 67.2 Å². The van der Waals surface area contributed by atoms with Crippen molar-refractivity contribution in [2.24, 2.45) is 31.3 Å². The standard InChI is InChI=1S/C45H52ClF2N11O4/c1-44(2)23-59(15-14-26(44)22-57-16-18-58(19-17-57)33-7-5-6-28-35(54-56(4)37(28)33)29-11-13-34(60)51-41(29)61)43-49-21-31(46)40(53-43)50-27-10-12-32-30(20-27)36-38(42(62)55(32)3)63-24-45(47,48)39(52-36)25-8-9-25/h5-7,10,12,20-21,25-26,29,39,52H,8-9,11,13-19,22-24H2,1-4H3,(H,49,50,53)(H,51,60,61)/t26-,29?,39-/m0/s1. The fourth-order valence-electron chi connectivity index (χ4n) is 10.2. The summed E-state index contributed by atoms with van der Waals surface area (Å²) in [7, 11) is 3.53. The first-order valence-electron chi connectivity index (χ1n) is 21.9. The summed E-state index contributed by atoms with van der Waals surface area (Å²) in [4.78, 5) is 54.6. The van der Waals surface area contributed by atoms with Crippen LogP contribution in [0.4, 0.5) is 37.6 Å². The Morgan fingerprint density at radius 3 is 2.51 bits per heavy atom. The second-order valence-electron chi connectivity index (χ2n) is 18.7. The van der Waals surface area contributed by atoms with Crippen molar-refractivity contribution in [3.8, 4) is 5.75 Å². The summed E-state index contributed by atoms with van der Waals surface area (Å²) in [6.07, 6.45) is 4.73. The number of nitrogens with one attached hydrogen (secondary N) is 3. The Morgan fingerprint density at radius 1 is 0.968 bits per heavy atom. The predicted octanol–water partition coefficient (Wildman–Crippen LogP) is 6.03. The molecule has 2 aromatic carbocycles. The van der Waals surface area contributed by atoms with E-state index in [-0.39, 0.29) is 34.6 Å². The molecule has 1 saturated carbocycles. The minimum atomic E-state index is -3.14. The summed E-state index contributed by atoms with van der Waals surface area (Å²) >= 11 is 6.69. The van der Waals surface area contributed by atoms with Crippen LogP contribution >= 0.6 is 11.6 Å². The number of ether oxygens (including phenoxy) is 1. The molecule has 4 aliphatic heterocycles. The Labute approximate surface area is 368 Å². The number of nitrogens with zero attached hydrogens (tertiary/aromatic N) is 8. The number of benzene rings is 2. The minimum absolute atomic E-state index is 0.0466. The molecule has 7 heterocycles. The van der Waals surface area contributed by atoms with E-state index in [2.05, 4.69) is 55.5 Å². The molecule has 1 aliphatic carbocycles. The molecule has 0 radical (unpaired) electrons. The summed E-state index contributed by atoms with van der Waals surface area (Å²) in [6, 6.07) is 10.5. The number of piperazine rings is 1. The number of pyridine rings is 1. The van der Waals surface area contributed by atoms with Crippen LogP contribution in [0.25, 0.3) is 21.8 Å². The third-order valence-corrected chi connectivity index (χ3v) is 14.2. The molecule has 3 atom stereocenters. The molecule has 3 saturated heterocycles. The van der Waals surface area contributed by atoms with Crippen LogP contribution < -0.4 is 36.0 Å². The van der Waals surface area contributed by atoms with Gasteiger partial charge in [-0.25, -0.2) is 13.8 Å². The highest BCUT2D eigenvalue weighted by Crippen LogP contribution is 2.46. The van der Waals surface area contributed by atoms with Gasteiger partial charge >= 0.3 is 5.92 Å². The number of hydrogen-bond donors (Lipinski definition) is 3. The van der Waals surface area contributed by atoms with E-state index >= 15 is 8.78 Å². The first-order valence-corrected chi connectivity index (χ1v) is 22.3. The van der Waals surface area contributed by atoms with Crippen LogP contribution in [0.1, 0.15) is 57.6 Å². The van der Waals surface area contributed by atoms with E-state index in [9.17, 15) is 14.4 Å². The number of aryl methyl sites for hydroxylation is 2. The Hall–Kier alpha value is -5.55. The Bertz CT molecular complexity index is 2710. The van der Waals surface area contributed by atoms with Crippen molar-refractivity contribution >= 4 is 74.0 Å². The van der Waals surface area contributed by atoms with E-state index in [1.165, 1.54) is 4.57 Å². The Morgan fingerprint density at radius 2 is 1.76 bits per heavy atom. The highest BCUT2D eigenvalue weighted by molar-refractivity contribution is 6.33. The molecule has 1 unspecified atom stereocenters. The number of piperidine rings is 2. The van der Waals surface area contributed by atoms with Gasteiger partial charge in [0.1, 0.15) is 5.02 Å². The topological polar surface area (TPSA) is 155 Å². The van der Waals surface area contributed by atoms with Crippen LogP contribution in [-0.2, 0) is 23.7 Å². The van der Waals surface area contributed by atoms with Crippen molar-refractivity contribution in [2.75, 3.05) is 72.9 Å². The molecule has 5 aliphatic rings. The number of aromatic nitrogens is 5. The molecular weight excluding hydrogens is 832 g/mol. The summed E-state index contributed by atoms with van der Waals surface area (Å²) in [5.41, 5.74) is 3.78. The third-order valence-electron chi connectivity index (χ3n) is 14.0. The number of alkyl halides is 2. The molecule has 0 bridgehead atoms. The van der Waals surface area contributed by atoms with Gasteiger partial charge in [0.25, 0.3) is 5.56 Å². The van der Waals surface area contributed by atoms with Crippen LogP contribution in [0.5, 0.6) is 5.75 Å². The number of carbonyl (C=O) groups is 2. The zero-order valence-electron chi connectivity index (χ0n) is 35.9. The largest absolute Gasteiger partial charge is 0.480 e. The van der Waals surface area contributed by atoms with Gasteiger partial charge in [-0.3, -0.25) is 29.3 Å². The number of anilines is 5. The van der Waals surface area contributed by atoms with Crippen molar-refractivity contribution in [3.63, 3.8) is 0 Å². The molecule has 2 amide bonds. The fraction of sp³-hybridized carbons (Fsp3) is 0.511. The fourth-order valence-corrected chi connectivity index (χ4v) is 10.4. The summed E-state index contributed by atoms with van der Waals surface area (Å²) < 4.78 is 39.3. The molecule has 15 nitrogen and oxygen atoms in total. The van der Waals surface area contributed by atoms with E-state index in [4.69, 9.17) is 26.4 Å². The minimum Gasteiger partial charge on any atom is -0.480 e. The SMILES string of the molecule is Cn1nc(C2CCC(=O)NC2=O)c2cccc(N3CCN(C[C@@H]4CCN(c5ncc(Cl)c(Nc6ccc7c(c6)c6c(c(=O)n7C)OCC(F)(F)[C@H](C7CC7)N6)n5)CC4(C)C)CC3)c21. The first-order chi connectivity index (χ1) is 30.1. The van der Waals surface area contributed by atoms with Gasteiger partial charge in [0.05, 0.1) is 46.3 Å². The van der Waals surface area contributed by atoms with Crippen LogP contribution in [0, 0.1) is 17.3 Å². The number of halogens is 3. The predicted molar refractivity (Wildman–Crippen MR) is 239 cm³/mol. The second-order valence-corrected chi connectivity index (χ2v) is 19.1. The van der Waals surface area contributed by atoms with Crippen LogP contribution in [0.3, 0.4) is 0 Å². The van der Waals surface area contributed by atoms with Gasteiger partial charge in [0.2, 0.25) is 23.5 Å². The molecule has 3 N–H and O–H groups in total. The number of fused-ring (bicyclic) bond motifs is 4. The van der Waals surface area contributed by atoms with Gasteiger partial charge in [0.15, 0.2) is 12.4 Å². The molecule has 332 valence electrons. The average Bonchev–Trinajstić information content (AvgIpc) is 4.06. The van der Waals surface area contributed by atoms with Crippen molar-refractivity contribution in [3.05, 3.63) is 63.7 Å². The Balaban J connectivity index is 0.805. The van der Waals surface area contributed by atoms with Crippen LogP contribution in [0.15, 0.2) is 47.4 Å². The molecular formula is C45H52ClF2N11O4. The third kappa shape index (κ3) is 7.59. The van der Waals surface area contributed by atoms with E-state index in [1.807, 2.05) is 36.0 Å².